The lowest BCUT2D eigenvalue weighted by Crippen LogP contribution is -2.23. The fraction of sp³-hybridized carbons (Fsp3) is 0.176. The minimum absolute atomic E-state index is 0.217. The van der Waals surface area contributed by atoms with Crippen molar-refractivity contribution in [3.05, 3.63) is 65.6 Å². The van der Waals surface area contributed by atoms with E-state index < -0.39 is 10.0 Å². The van der Waals surface area contributed by atoms with Crippen molar-refractivity contribution in [2.45, 2.75) is 25.3 Å². The van der Waals surface area contributed by atoms with E-state index in [9.17, 15) is 8.42 Å². The smallest absolute Gasteiger partial charge is 0.241 e. The van der Waals surface area contributed by atoms with Gasteiger partial charge in [0.15, 0.2) is 0 Å². The number of hydrogen-bond acceptors (Lipinski definition) is 3. The molecule has 0 amide bonds. The summed E-state index contributed by atoms with van der Waals surface area (Å²) in [5, 5.41) is 1.62. The summed E-state index contributed by atoms with van der Waals surface area (Å²) in [6, 6.07) is 14.6. The van der Waals surface area contributed by atoms with Gasteiger partial charge in [-0.05, 0) is 31.4 Å². The van der Waals surface area contributed by atoms with Gasteiger partial charge in [-0.25, -0.2) is 13.1 Å². The van der Waals surface area contributed by atoms with Gasteiger partial charge in [0.1, 0.15) is 11.5 Å². The second-order valence-corrected chi connectivity index (χ2v) is 6.98. The van der Waals surface area contributed by atoms with Crippen molar-refractivity contribution in [3.8, 4) is 0 Å². The molecule has 1 heterocycles. The van der Waals surface area contributed by atoms with Gasteiger partial charge in [-0.3, -0.25) is 0 Å². The van der Waals surface area contributed by atoms with Gasteiger partial charge in [-0.1, -0.05) is 36.4 Å². The summed E-state index contributed by atoms with van der Waals surface area (Å²) < 4.78 is 33.3. The van der Waals surface area contributed by atoms with Crippen LogP contribution >= 0.6 is 0 Å². The van der Waals surface area contributed by atoms with E-state index in [1.165, 1.54) is 0 Å². The molecular formula is C17H17NO3S. The van der Waals surface area contributed by atoms with Crippen LogP contribution in [0.1, 0.15) is 17.1 Å². The van der Waals surface area contributed by atoms with Crippen molar-refractivity contribution in [2.24, 2.45) is 0 Å². The number of benzene rings is 2. The van der Waals surface area contributed by atoms with Crippen LogP contribution in [0.3, 0.4) is 0 Å². The first-order valence-electron chi connectivity index (χ1n) is 7.01. The second-order valence-electron chi connectivity index (χ2n) is 5.24. The lowest BCUT2D eigenvalue weighted by molar-refractivity contribution is 0.500. The van der Waals surface area contributed by atoms with Crippen molar-refractivity contribution in [1.82, 2.24) is 4.72 Å². The first-order valence-corrected chi connectivity index (χ1v) is 8.49. The fourth-order valence-electron chi connectivity index (χ4n) is 2.54. The zero-order valence-corrected chi connectivity index (χ0v) is 13.3. The highest BCUT2D eigenvalue weighted by molar-refractivity contribution is 7.89. The Morgan fingerprint density at radius 1 is 1.05 bits per heavy atom. The quantitative estimate of drug-likeness (QED) is 0.801. The van der Waals surface area contributed by atoms with Gasteiger partial charge in [0.25, 0.3) is 0 Å². The maximum absolute atomic E-state index is 12.6. The number of hydrogen-bond donors (Lipinski definition) is 1. The molecule has 0 aliphatic heterocycles. The molecule has 114 valence electrons. The predicted octanol–water partition coefficient (Wildman–Crippen LogP) is 3.53. The van der Waals surface area contributed by atoms with Gasteiger partial charge in [0.05, 0.1) is 4.90 Å². The van der Waals surface area contributed by atoms with Crippen molar-refractivity contribution in [2.75, 3.05) is 0 Å². The third-order valence-corrected chi connectivity index (χ3v) is 5.09. The van der Waals surface area contributed by atoms with Crippen molar-refractivity contribution < 1.29 is 12.8 Å². The number of furan rings is 1. The molecule has 2 aromatic carbocycles. The Balaban J connectivity index is 1.93. The van der Waals surface area contributed by atoms with Crippen molar-refractivity contribution in [1.29, 1.82) is 0 Å². The standard InChI is InChI=1S/C17H17NO3S/c1-12-10-15(13(2)21-12)11-18-22(19,20)17-9-5-7-14-6-3-4-8-16(14)17/h3-10,18H,11H2,1-2H3. The molecule has 22 heavy (non-hydrogen) atoms. The van der Waals surface area contributed by atoms with Crippen LogP contribution in [0.4, 0.5) is 0 Å². The van der Waals surface area contributed by atoms with Crippen LogP contribution in [0.15, 0.2) is 57.8 Å². The molecule has 0 aliphatic rings. The van der Waals surface area contributed by atoms with Crippen molar-refractivity contribution in [3.63, 3.8) is 0 Å². The van der Waals surface area contributed by atoms with Crippen LogP contribution in [0.25, 0.3) is 10.8 Å². The van der Waals surface area contributed by atoms with Gasteiger partial charge < -0.3 is 4.42 Å². The molecule has 3 rings (SSSR count). The van der Waals surface area contributed by atoms with Gasteiger partial charge in [0.2, 0.25) is 10.0 Å². The second kappa shape index (κ2) is 5.59. The molecule has 0 unspecified atom stereocenters. The van der Waals surface area contributed by atoms with Crippen LogP contribution in [-0.2, 0) is 16.6 Å². The zero-order valence-electron chi connectivity index (χ0n) is 12.5. The minimum Gasteiger partial charge on any atom is -0.466 e. The van der Waals surface area contributed by atoms with E-state index in [0.717, 1.165) is 27.9 Å². The molecule has 4 nitrogen and oxygen atoms in total. The van der Waals surface area contributed by atoms with Gasteiger partial charge in [0, 0.05) is 17.5 Å². The van der Waals surface area contributed by atoms with Crippen LogP contribution in [0, 0.1) is 13.8 Å². The lowest BCUT2D eigenvalue weighted by Gasteiger charge is -2.09. The average Bonchev–Trinajstić information content (AvgIpc) is 2.82. The summed E-state index contributed by atoms with van der Waals surface area (Å²) in [5.74, 6) is 1.51. The molecule has 0 saturated heterocycles. The van der Waals surface area contributed by atoms with E-state index in [-0.39, 0.29) is 6.54 Å². The molecule has 0 radical (unpaired) electrons. The summed E-state index contributed by atoms with van der Waals surface area (Å²) in [6.45, 7) is 3.89. The molecule has 0 saturated carbocycles. The van der Waals surface area contributed by atoms with E-state index in [1.807, 2.05) is 50.2 Å². The molecule has 0 atom stereocenters. The number of nitrogens with one attached hydrogen (secondary N) is 1. The fourth-order valence-corrected chi connectivity index (χ4v) is 3.77. The van der Waals surface area contributed by atoms with E-state index in [2.05, 4.69) is 4.72 Å². The van der Waals surface area contributed by atoms with Gasteiger partial charge in [-0.2, -0.15) is 0 Å². The van der Waals surface area contributed by atoms with E-state index in [1.54, 1.807) is 12.1 Å². The van der Waals surface area contributed by atoms with E-state index in [4.69, 9.17) is 4.42 Å². The Bertz CT molecular complexity index is 921. The maximum atomic E-state index is 12.6. The minimum atomic E-state index is -3.58. The molecule has 0 aliphatic carbocycles. The van der Waals surface area contributed by atoms with E-state index >= 15 is 0 Å². The zero-order chi connectivity index (χ0) is 15.7. The molecular weight excluding hydrogens is 298 g/mol. The Morgan fingerprint density at radius 3 is 2.50 bits per heavy atom. The maximum Gasteiger partial charge on any atom is 0.241 e. The Kier molecular flexibility index (Phi) is 3.76. The summed E-state index contributed by atoms with van der Waals surface area (Å²) in [7, 11) is -3.58. The topological polar surface area (TPSA) is 59.3 Å². The molecule has 0 bridgehead atoms. The average molecular weight is 315 g/mol. The molecule has 0 fully saturated rings. The highest BCUT2D eigenvalue weighted by atomic mass is 32.2. The first-order chi connectivity index (χ1) is 10.5. The summed E-state index contributed by atoms with van der Waals surface area (Å²) in [4.78, 5) is 0.295. The third-order valence-electron chi connectivity index (χ3n) is 3.64. The molecule has 3 aromatic rings. The highest BCUT2D eigenvalue weighted by Crippen LogP contribution is 2.23. The molecule has 1 aromatic heterocycles. The van der Waals surface area contributed by atoms with Crippen LogP contribution in [0.5, 0.6) is 0 Å². The van der Waals surface area contributed by atoms with Gasteiger partial charge in [-0.15, -0.1) is 0 Å². The van der Waals surface area contributed by atoms with E-state index in [0.29, 0.717) is 4.90 Å². The summed E-state index contributed by atoms with van der Waals surface area (Å²) >= 11 is 0. The summed E-state index contributed by atoms with van der Waals surface area (Å²) in [5.41, 5.74) is 0.848. The van der Waals surface area contributed by atoms with Gasteiger partial charge >= 0.3 is 0 Å². The number of sulfonamides is 1. The molecule has 0 spiro atoms. The predicted molar refractivity (Wildman–Crippen MR) is 86.2 cm³/mol. The Labute approximate surface area is 129 Å². The first kappa shape index (κ1) is 14.8. The van der Waals surface area contributed by atoms with Crippen molar-refractivity contribution >= 4 is 20.8 Å². The molecule has 5 heteroatoms. The Hall–Kier alpha value is -2.11. The third kappa shape index (κ3) is 2.77. The van der Waals surface area contributed by atoms with Crippen LogP contribution < -0.4 is 4.72 Å². The number of fused-ring (bicyclic) bond motifs is 1. The number of rotatable bonds is 4. The summed E-state index contributed by atoms with van der Waals surface area (Å²) in [6.07, 6.45) is 0. The SMILES string of the molecule is Cc1cc(CNS(=O)(=O)c2cccc3ccccc23)c(C)o1. The number of aryl methyl sites for hydroxylation is 2. The molecule has 1 N–H and O–H groups in total. The van der Waals surface area contributed by atoms with Crippen LogP contribution in [0.2, 0.25) is 0 Å². The van der Waals surface area contributed by atoms with Crippen LogP contribution in [-0.4, -0.2) is 8.42 Å². The Morgan fingerprint density at radius 2 is 1.77 bits per heavy atom. The highest BCUT2D eigenvalue weighted by Gasteiger charge is 2.17. The normalized spacial score (nSPS) is 11.9. The largest absolute Gasteiger partial charge is 0.466 e. The monoisotopic (exact) mass is 315 g/mol. The lowest BCUT2D eigenvalue weighted by atomic mass is 10.1.